The lowest BCUT2D eigenvalue weighted by Gasteiger charge is -2.39. The van der Waals surface area contributed by atoms with Crippen LogP contribution in [0.3, 0.4) is 0 Å². The Labute approximate surface area is 135 Å². The highest BCUT2D eigenvalue weighted by atomic mass is 16.2. The van der Waals surface area contributed by atoms with Crippen LogP contribution in [0.5, 0.6) is 0 Å². The quantitative estimate of drug-likeness (QED) is 0.852. The summed E-state index contributed by atoms with van der Waals surface area (Å²) >= 11 is 0. The number of rotatable bonds is 2. The summed E-state index contributed by atoms with van der Waals surface area (Å²) in [6.07, 6.45) is 9.19. The van der Waals surface area contributed by atoms with Gasteiger partial charge < -0.3 is 10.2 Å². The van der Waals surface area contributed by atoms with Crippen LogP contribution in [-0.2, 0) is 9.59 Å². The van der Waals surface area contributed by atoms with Gasteiger partial charge in [0.2, 0.25) is 11.8 Å². The number of hydrogen-bond acceptors (Lipinski definition) is 2. The molecule has 0 aromatic carbocycles. The maximum atomic E-state index is 12.7. The molecule has 1 heterocycles. The van der Waals surface area contributed by atoms with Gasteiger partial charge in [-0.3, -0.25) is 9.59 Å². The van der Waals surface area contributed by atoms with Crippen molar-refractivity contribution in [1.82, 2.24) is 10.2 Å². The van der Waals surface area contributed by atoms with Crippen molar-refractivity contribution in [2.45, 2.75) is 77.7 Å². The van der Waals surface area contributed by atoms with Crippen molar-refractivity contribution in [3.63, 3.8) is 0 Å². The Balaban J connectivity index is 2.16. The van der Waals surface area contributed by atoms with Gasteiger partial charge in [0.15, 0.2) is 0 Å². The molecule has 0 unspecified atom stereocenters. The zero-order valence-corrected chi connectivity index (χ0v) is 14.3. The second-order valence-electron chi connectivity index (χ2n) is 7.35. The fraction of sp³-hybridized carbons (Fsp3) is 0.889. The van der Waals surface area contributed by atoms with E-state index in [-0.39, 0.29) is 23.8 Å². The fourth-order valence-corrected chi connectivity index (χ4v) is 3.84. The van der Waals surface area contributed by atoms with Crippen LogP contribution >= 0.6 is 0 Å². The van der Waals surface area contributed by atoms with E-state index in [2.05, 4.69) is 24.1 Å². The molecule has 0 aromatic rings. The Morgan fingerprint density at radius 3 is 2.64 bits per heavy atom. The SMILES string of the molecule is CC(C)CC(=O)N1CCCCCCNC(=O)[C@@H]2CCCC[C@@H]21. The van der Waals surface area contributed by atoms with E-state index < -0.39 is 0 Å². The molecule has 4 nitrogen and oxygen atoms in total. The van der Waals surface area contributed by atoms with Crippen LogP contribution in [0.2, 0.25) is 0 Å². The van der Waals surface area contributed by atoms with Gasteiger partial charge in [-0.05, 0) is 31.6 Å². The predicted molar refractivity (Wildman–Crippen MR) is 88.4 cm³/mol. The largest absolute Gasteiger partial charge is 0.356 e. The second kappa shape index (κ2) is 8.54. The Kier molecular flexibility index (Phi) is 6.71. The normalized spacial score (nSPS) is 27.8. The van der Waals surface area contributed by atoms with E-state index in [0.29, 0.717) is 12.3 Å². The van der Waals surface area contributed by atoms with E-state index in [4.69, 9.17) is 0 Å². The minimum Gasteiger partial charge on any atom is -0.356 e. The highest BCUT2D eigenvalue weighted by molar-refractivity contribution is 5.82. The highest BCUT2D eigenvalue weighted by Crippen LogP contribution is 2.30. The van der Waals surface area contributed by atoms with Crippen molar-refractivity contribution in [1.29, 1.82) is 0 Å². The van der Waals surface area contributed by atoms with Crippen molar-refractivity contribution in [2.24, 2.45) is 11.8 Å². The van der Waals surface area contributed by atoms with Crippen molar-refractivity contribution in [3.05, 3.63) is 0 Å². The van der Waals surface area contributed by atoms with Crippen LogP contribution in [0, 0.1) is 11.8 Å². The summed E-state index contributed by atoms with van der Waals surface area (Å²) in [6.45, 7) is 5.81. The minimum absolute atomic E-state index is 0.00274. The Morgan fingerprint density at radius 2 is 1.86 bits per heavy atom. The van der Waals surface area contributed by atoms with Crippen LogP contribution in [0.15, 0.2) is 0 Å². The topological polar surface area (TPSA) is 49.4 Å². The lowest BCUT2D eigenvalue weighted by molar-refractivity contribution is -0.139. The summed E-state index contributed by atoms with van der Waals surface area (Å²) in [4.78, 5) is 27.3. The number of carbonyl (C=O) groups excluding carboxylic acids is 2. The van der Waals surface area contributed by atoms with Gasteiger partial charge in [-0.1, -0.05) is 39.5 Å². The molecule has 0 spiro atoms. The van der Waals surface area contributed by atoms with Crippen LogP contribution in [0.25, 0.3) is 0 Å². The third kappa shape index (κ3) is 4.72. The van der Waals surface area contributed by atoms with Gasteiger partial charge >= 0.3 is 0 Å². The second-order valence-corrected chi connectivity index (χ2v) is 7.35. The van der Waals surface area contributed by atoms with E-state index in [1.807, 2.05) is 0 Å². The predicted octanol–water partition coefficient (Wildman–Crippen LogP) is 3.11. The van der Waals surface area contributed by atoms with Crippen molar-refractivity contribution >= 4 is 11.8 Å². The van der Waals surface area contributed by atoms with E-state index in [1.54, 1.807) is 0 Å². The molecule has 22 heavy (non-hydrogen) atoms. The minimum atomic E-state index is 0.00274. The number of nitrogens with one attached hydrogen (secondary N) is 1. The first-order valence-electron chi connectivity index (χ1n) is 9.16. The van der Waals surface area contributed by atoms with Gasteiger partial charge in [0.05, 0.1) is 5.92 Å². The van der Waals surface area contributed by atoms with E-state index >= 15 is 0 Å². The molecule has 2 fully saturated rings. The molecule has 0 radical (unpaired) electrons. The summed E-state index contributed by atoms with van der Waals surface area (Å²) in [5, 5.41) is 3.10. The molecule has 2 rings (SSSR count). The first-order chi connectivity index (χ1) is 10.6. The summed E-state index contributed by atoms with van der Waals surface area (Å²) in [7, 11) is 0. The van der Waals surface area contributed by atoms with Gasteiger partial charge in [0.25, 0.3) is 0 Å². The molecular weight excluding hydrogens is 276 g/mol. The lowest BCUT2D eigenvalue weighted by Crippen LogP contribution is -2.51. The molecule has 2 amide bonds. The van der Waals surface area contributed by atoms with Gasteiger partial charge in [-0.15, -0.1) is 0 Å². The first-order valence-corrected chi connectivity index (χ1v) is 9.16. The monoisotopic (exact) mass is 308 g/mol. The van der Waals surface area contributed by atoms with Crippen LogP contribution < -0.4 is 5.32 Å². The maximum Gasteiger partial charge on any atom is 0.225 e. The molecule has 1 saturated carbocycles. The Hall–Kier alpha value is -1.06. The molecule has 2 aliphatic rings. The average Bonchev–Trinajstić information content (AvgIpc) is 2.51. The summed E-state index contributed by atoms with van der Waals surface area (Å²) in [5.74, 6) is 0.803. The molecule has 0 bridgehead atoms. The van der Waals surface area contributed by atoms with Crippen LogP contribution in [0.1, 0.15) is 71.6 Å². The van der Waals surface area contributed by atoms with Crippen LogP contribution in [-0.4, -0.2) is 35.8 Å². The molecule has 0 aromatic heterocycles. The van der Waals surface area contributed by atoms with Gasteiger partial charge in [0, 0.05) is 25.6 Å². The van der Waals surface area contributed by atoms with Crippen LogP contribution in [0.4, 0.5) is 0 Å². The zero-order chi connectivity index (χ0) is 15.9. The van der Waals surface area contributed by atoms with Crippen molar-refractivity contribution in [3.8, 4) is 0 Å². The Morgan fingerprint density at radius 1 is 1.14 bits per heavy atom. The zero-order valence-electron chi connectivity index (χ0n) is 14.3. The molecule has 1 N–H and O–H groups in total. The summed E-state index contributed by atoms with van der Waals surface area (Å²) < 4.78 is 0. The maximum absolute atomic E-state index is 12.7. The van der Waals surface area contributed by atoms with Crippen molar-refractivity contribution < 1.29 is 9.59 Å². The third-order valence-corrected chi connectivity index (χ3v) is 4.99. The number of fused-ring (bicyclic) bond motifs is 1. The number of amides is 2. The highest BCUT2D eigenvalue weighted by Gasteiger charge is 2.36. The van der Waals surface area contributed by atoms with E-state index in [0.717, 1.165) is 64.5 Å². The van der Waals surface area contributed by atoms with E-state index in [1.165, 1.54) is 0 Å². The van der Waals surface area contributed by atoms with Gasteiger partial charge in [-0.2, -0.15) is 0 Å². The fourth-order valence-electron chi connectivity index (χ4n) is 3.84. The Bertz CT molecular complexity index is 381. The summed E-state index contributed by atoms with van der Waals surface area (Å²) in [5.41, 5.74) is 0. The molecule has 4 heteroatoms. The lowest BCUT2D eigenvalue weighted by atomic mass is 9.82. The average molecular weight is 308 g/mol. The molecule has 1 aliphatic carbocycles. The standard InChI is InChI=1S/C18H32N2O2/c1-14(2)13-17(21)20-12-8-4-3-7-11-19-18(22)15-9-5-6-10-16(15)20/h14-16H,3-13H2,1-2H3,(H,19,22)/t15-,16+/m1/s1. The molecule has 1 saturated heterocycles. The van der Waals surface area contributed by atoms with Gasteiger partial charge in [-0.25, -0.2) is 0 Å². The molecule has 126 valence electrons. The number of nitrogens with zero attached hydrogens (tertiary/aromatic N) is 1. The number of hydrogen-bond donors (Lipinski definition) is 1. The van der Waals surface area contributed by atoms with Gasteiger partial charge in [0.1, 0.15) is 0 Å². The van der Waals surface area contributed by atoms with E-state index in [9.17, 15) is 9.59 Å². The van der Waals surface area contributed by atoms with Crippen molar-refractivity contribution in [2.75, 3.05) is 13.1 Å². The number of carbonyl (C=O) groups is 2. The molecule has 2 atom stereocenters. The smallest absolute Gasteiger partial charge is 0.225 e. The first kappa shape index (κ1) is 17.3. The summed E-state index contributed by atoms with van der Waals surface area (Å²) in [6, 6.07) is 0.123. The third-order valence-electron chi connectivity index (χ3n) is 4.99. The molecular formula is C18H32N2O2. The molecule has 1 aliphatic heterocycles.